The van der Waals surface area contributed by atoms with E-state index in [2.05, 4.69) is 52.9 Å². The molecular formula is C26H32Br2N4O4. The van der Waals surface area contributed by atoms with Crippen LogP contribution in [0, 0.1) is 0 Å². The van der Waals surface area contributed by atoms with Crippen molar-refractivity contribution in [1.29, 1.82) is 0 Å². The molecule has 0 bridgehead atoms. The van der Waals surface area contributed by atoms with Crippen molar-refractivity contribution in [1.82, 2.24) is 10.9 Å². The van der Waals surface area contributed by atoms with Crippen LogP contribution in [-0.4, -0.2) is 38.5 Å². The number of carbonyl (C=O) groups excluding carboxylic acids is 2. The molecule has 0 heterocycles. The Bertz CT molecular complexity index is 977. The highest BCUT2D eigenvalue weighted by atomic mass is 79.9. The molecule has 2 amide bonds. The number of methoxy groups -OCH3 is 2. The molecule has 2 rings (SSSR count). The van der Waals surface area contributed by atoms with Crippen LogP contribution in [0.4, 0.5) is 0 Å². The van der Waals surface area contributed by atoms with Crippen LogP contribution in [0.25, 0.3) is 0 Å². The highest BCUT2D eigenvalue weighted by Crippen LogP contribution is 2.22. The van der Waals surface area contributed by atoms with Crippen LogP contribution in [0.3, 0.4) is 0 Å². The van der Waals surface area contributed by atoms with Crippen LogP contribution < -0.4 is 20.3 Å². The van der Waals surface area contributed by atoms with E-state index in [1.165, 1.54) is 0 Å². The first kappa shape index (κ1) is 29.5. The number of unbranched alkanes of at least 4 members (excludes halogenated alkanes) is 5. The van der Waals surface area contributed by atoms with Crippen LogP contribution in [0.5, 0.6) is 11.5 Å². The maximum atomic E-state index is 12.0. The van der Waals surface area contributed by atoms with E-state index in [0.717, 1.165) is 58.6 Å². The molecule has 0 radical (unpaired) electrons. The summed E-state index contributed by atoms with van der Waals surface area (Å²) >= 11 is 6.81. The van der Waals surface area contributed by atoms with Gasteiger partial charge in [0.05, 0.1) is 26.6 Å². The number of rotatable bonds is 15. The van der Waals surface area contributed by atoms with Crippen LogP contribution in [0.15, 0.2) is 55.5 Å². The van der Waals surface area contributed by atoms with E-state index in [-0.39, 0.29) is 11.8 Å². The van der Waals surface area contributed by atoms with E-state index in [0.29, 0.717) is 24.3 Å². The van der Waals surface area contributed by atoms with Crippen molar-refractivity contribution in [2.45, 2.75) is 51.4 Å². The van der Waals surface area contributed by atoms with Gasteiger partial charge in [0, 0.05) is 32.9 Å². The normalized spacial score (nSPS) is 11.1. The van der Waals surface area contributed by atoms with Gasteiger partial charge in [0.15, 0.2) is 0 Å². The van der Waals surface area contributed by atoms with E-state index in [1.807, 2.05) is 36.4 Å². The van der Waals surface area contributed by atoms with Crippen molar-refractivity contribution in [2.24, 2.45) is 10.2 Å². The van der Waals surface area contributed by atoms with Gasteiger partial charge in [-0.3, -0.25) is 9.59 Å². The van der Waals surface area contributed by atoms with E-state index in [4.69, 9.17) is 9.47 Å². The minimum atomic E-state index is -0.113. The number of hydrogen-bond donors (Lipinski definition) is 2. The van der Waals surface area contributed by atoms with Gasteiger partial charge in [0.2, 0.25) is 11.8 Å². The Labute approximate surface area is 229 Å². The fourth-order valence-electron chi connectivity index (χ4n) is 3.35. The summed E-state index contributed by atoms with van der Waals surface area (Å²) in [5, 5.41) is 8.03. The second kappa shape index (κ2) is 16.9. The number of benzene rings is 2. The third-order valence-electron chi connectivity index (χ3n) is 5.23. The molecule has 0 aliphatic carbocycles. The fourth-order valence-corrected chi connectivity index (χ4v) is 4.11. The van der Waals surface area contributed by atoms with Crippen molar-refractivity contribution in [2.75, 3.05) is 14.2 Å². The quantitative estimate of drug-likeness (QED) is 0.145. The average Bonchev–Trinajstić information content (AvgIpc) is 2.86. The highest BCUT2D eigenvalue weighted by molar-refractivity contribution is 9.10. The number of amides is 2. The van der Waals surface area contributed by atoms with Gasteiger partial charge in [-0.05, 0) is 49.2 Å². The number of nitrogens with one attached hydrogen (secondary N) is 2. The van der Waals surface area contributed by atoms with Gasteiger partial charge >= 0.3 is 0 Å². The summed E-state index contributed by atoms with van der Waals surface area (Å²) in [5.74, 6) is 1.14. The molecule has 2 aromatic rings. The van der Waals surface area contributed by atoms with E-state index >= 15 is 0 Å². The predicted octanol–water partition coefficient (Wildman–Crippen LogP) is 5.95. The lowest BCUT2D eigenvalue weighted by molar-refractivity contribution is -0.122. The number of halogens is 2. The average molecular weight is 624 g/mol. The summed E-state index contributed by atoms with van der Waals surface area (Å²) in [4.78, 5) is 23.9. The van der Waals surface area contributed by atoms with Crippen molar-refractivity contribution < 1.29 is 19.1 Å². The minimum Gasteiger partial charge on any atom is -0.496 e. The lowest BCUT2D eigenvalue weighted by atomic mass is 10.1. The summed E-state index contributed by atoms with van der Waals surface area (Å²) in [6.07, 6.45) is 9.56. The molecule has 0 saturated heterocycles. The molecule has 0 saturated carbocycles. The minimum absolute atomic E-state index is 0.113. The Morgan fingerprint density at radius 3 is 1.50 bits per heavy atom. The Morgan fingerprint density at radius 1 is 0.722 bits per heavy atom. The van der Waals surface area contributed by atoms with Crippen molar-refractivity contribution >= 4 is 56.1 Å². The van der Waals surface area contributed by atoms with Gasteiger partial charge in [-0.25, -0.2) is 10.9 Å². The van der Waals surface area contributed by atoms with Crippen LogP contribution >= 0.6 is 31.9 Å². The maximum Gasteiger partial charge on any atom is 0.240 e. The number of carbonyl (C=O) groups is 2. The Kier molecular flexibility index (Phi) is 13.8. The first-order valence-corrected chi connectivity index (χ1v) is 13.3. The second-order valence-corrected chi connectivity index (χ2v) is 9.81. The van der Waals surface area contributed by atoms with Gasteiger partial charge in [0.1, 0.15) is 11.5 Å². The topological polar surface area (TPSA) is 101 Å². The zero-order valence-electron chi connectivity index (χ0n) is 20.6. The molecule has 10 heteroatoms. The lowest BCUT2D eigenvalue weighted by Gasteiger charge is -2.05. The van der Waals surface area contributed by atoms with Gasteiger partial charge in [-0.2, -0.15) is 10.2 Å². The number of ether oxygens (including phenoxy) is 2. The molecule has 0 atom stereocenters. The summed E-state index contributed by atoms with van der Waals surface area (Å²) in [7, 11) is 3.18. The molecule has 0 unspecified atom stereocenters. The van der Waals surface area contributed by atoms with Gasteiger partial charge in [-0.1, -0.05) is 57.5 Å². The van der Waals surface area contributed by atoms with E-state index in [1.54, 1.807) is 26.6 Å². The zero-order valence-corrected chi connectivity index (χ0v) is 23.7. The summed E-state index contributed by atoms with van der Waals surface area (Å²) in [6.45, 7) is 0. The molecule has 0 aliphatic heterocycles. The number of hydrogen-bond acceptors (Lipinski definition) is 6. The van der Waals surface area contributed by atoms with Crippen LogP contribution in [-0.2, 0) is 9.59 Å². The molecule has 8 nitrogen and oxygen atoms in total. The number of nitrogens with zero attached hydrogens (tertiary/aromatic N) is 2. The van der Waals surface area contributed by atoms with Crippen LogP contribution in [0.2, 0.25) is 0 Å². The fraction of sp³-hybridized carbons (Fsp3) is 0.385. The molecular weight excluding hydrogens is 592 g/mol. The second-order valence-electron chi connectivity index (χ2n) is 7.98. The van der Waals surface area contributed by atoms with Gasteiger partial charge in [0.25, 0.3) is 0 Å². The third kappa shape index (κ3) is 11.3. The largest absolute Gasteiger partial charge is 0.496 e. The Morgan fingerprint density at radius 2 is 1.11 bits per heavy atom. The lowest BCUT2D eigenvalue weighted by Crippen LogP contribution is -2.17. The molecule has 2 aromatic carbocycles. The van der Waals surface area contributed by atoms with Crippen molar-refractivity contribution in [3.8, 4) is 11.5 Å². The molecule has 0 aromatic heterocycles. The standard InChI is InChI=1S/C26H32Br2N4O4/c1-35-23-13-11-21(27)15-19(23)17-29-31-25(33)9-7-5-3-4-6-8-10-26(34)32-30-18-20-16-22(28)12-14-24(20)36-2/h11-18H,3-10H2,1-2H3,(H,31,33)(H,32,34). The summed E-state index contributed by atoms with van der Waals surface area (Å²) in [6, 6.07) is 11.2. The summed E-state index contributed by atoms with van der Waals surface area (Å²) in [5.41, 5.74) is 6.66. The number of hydrazone groups is 2. The smallest absolute Gasteiger partial charge is 0.240 e. The summed E-state index contributed by atoms with van der Waals surface area (Å²) < 4.78 is 12.4. The van der Waals surface area contributed by atoms with Crippen molar-refractivity contribution in [3.05, 3.63) is 56.5 Å². The molecule has 0 fully saturated rings. The van der Waals surface area contributed by atoms with Crippen LogP contribution in [0.1, 0.15) is 62.5 Å². The molecule has 36 heavy (non-hydrogen) atoms. The monoisotopic (exact) mass is 622 g/mol. The van der Waals surface area contributed by atoms with E-state index < -0.39 is 0 Å². The Hall–Kier alpha value is -2.72. The van der Waals surface area contributed by atoms with Gasteiger partial charge < -0.3 is 9.47 Å². The zero-order chi connectivity index (χ0) is 26.2. The maximum absolute atomic E-state index is 12.0. The first-order valence-electron chi connectivity index (χ1n) is 11.7. The molecule has 2 N–H and O–H groups in total. The Balaban J connectivity index is 1.52. The van der Waals surface area contributed by atoms with Crippen molar-refractivity contribution in [3.63, 3.8) is 0 Å². The van der Waals surface area contributed by atoms with E-state index in [9.17, 15) is 9.59 Å². The highest BCUT2D eigenvalue weighted by Gasteiger charge is 2.04. The van der Waals surface area contributed by atoms with Gasteiger partial charge in [-0.15, -0.1) is 0 Å². The molecule has 0 spiro atoms. The molecule has 0 aliphatic rings. The SMILES string of the molecule is COc1ccc(Br)cc1C=NNC(=O)CCCCCCCCC(=O)NN=Cc1cc(Br)ccc1OC. The predicted molar refractivity (Wildman–Crippen MR) is 150 cm³/mol. The third-order valence-corrected chi connectivity index (χ3v) is 6.21. The molecule has 194 valence electrons. The first-order chi connectivity index (χ1) is 17.4.